The number of para-hydroxylation sites is 3. The van der Waals surface area contributed by atoms with Crippen LogP contribution >= 0.6 is 0 Å². The summed E-state index contributed by atoms with van der Waals surface area (Å²) in [6.07, 6.45) is 0. The van der Waals surface area contributed by atoms with Crippen LogP contribution in [-0.4, -0.2) is 29.7 Å². The second-order valence-corrected chi connectivity index (χ2v) is 5.35. The number of amides is 1. The van der Waals surface area contributed by atoms with Crippen LogP contribution in [0.1, 0.15) is 5.56 Å². The maximum absolute atomic E-state index is 11.9. The van der Waals surface area contributed by atoms with Crippen LogP contribution in [0.15, 0.2) is 52.7 Å². The van der Waals surface area contributed by atoms with Gasteiger partial charge in [-0.25, -0.2) is 0 Å². The fraction of sp³-hybridized carbons (Fsp3) is 0.167. The van der Waals surface area contributed by atoms with Crippen molar-refractivity contribution in [2.24, 2.45) is 10.2 Å². The lowest BCUT2D eigenvalue weighted by Crippen LogP contribution is -2.08. The van der Waals surface area contributed by atoms with Gasteiger partial charge in [-0.1, -0.05) is 30.3 Å². The first-order valence-electron chi connectivity index (χ1n) is 7.61. The number of rotatable bonds is 5. The SMILES string of the molecule is COc1ccccc1OCC(=O)N=Nc1c(O)[nH]c2c(C)cccc12. The van der Waals surface area contributed by atoms with E-state index in [1.165, 1.54) is 7.11 Å². The van der Waals surface area contributed by atoms with Crippen molar-refractivity contribution in [2.75, 3.05) is 13.7 Å². The number of nitrogens with zero attached hydrogens (tertiary/aromatic N) is 2. The summed E-state index contributed by atoms with van der Waals surface area (Å²) in [7, 11) is 1.52. The van der Waals surface area contributed by atoms with Gasteiger partial charge >= 0.3 is 5.91 Å². The highest BCUT2D eigenvalue weighted by Crippen LogP contribution is 2.36. The van der Waals surface area contributed by atoms with Gasteiger partial charge in [0.15, 0.2) is 23.8 Å². The molecule has 0 saturated heterocycles. The van der Waals surface area contributed by atoms with E-state index in [1.54, 1.807) is 30.3 Å². The third-order valence-corrected chi connectivity index (χ3v) is 3.68. The van der Waals surface area contributed by atoms with Crippen LogP contribution in [0.5, 0.6) is 17.4 Å². The molecule has 0 unspecified atom stereocenters. The number of hydrogen-bond acceptors (Lipinski definition) is 5. The second kappa shape index (κ2) is 7.04. The minimum absolute atomic E-state index is 0.133. The molecule has 0 fully saturated rings. The van der Waals surface area contributed by atoms with Crippen molar-refractivity contribution in [1.29, 1.82) is 0 Å². The minimum atomic E-state index is -0.577. The van der Waals surface area contributed by atoms with Crippen molar-refractivity contribution >= 4 is 22.5 Å². The van der Waals surface area contributed by atoms with Gasteiger partial charge in [0.2, 0.25) is 5.88 Å². The fourth-order valence-corrected chi connectivity index (χ4v) is 2.45. The predicted octanol–water partition coefficient (Wildman–Crippen LogP) is 3.88. The Morgan fingerprint density at radius 1 is 1.16 bits per heavy atom. The number of hydrogen-bond donors (Lipinski definition) is 2. The highest BCUT2D eigenvalue weighted by Gasteiger charge is 2.12. The van der Waals surface area contributed by atoms with E-state index in [1.807, 2.05) is 19.1 Å². The molecule has 25 heavy (non-hydrogen) atoms. The summed E-state index contributed by atoms with van der Waals surface area (Å²) in [5, 5.41) is 18.2. The molecule has 0 aliphatic rings. The smallest absolute Gasteiger partial charge is 0.302 e. The van der Waals surface area contributed by atoms with Gasteiger partial charge in [0.1, 0.15) is 0 Å². The molecule has 0 aliphatic heterocycles. The first-order chi connectivity index (χ1) is 12.1. The summed E-state index contributed by atoms with van der Waals surface area (Å²) < 4.78 is 10.5. The normalized spacial score (nSPS) is 11.1. The summed E-state index contributed by atoms with van der Waals surface area (Å²) in [5.41, 5.74) is 1.94. The Labute approximate surface area is 143 Å². The summed E-state index contributed by atoms with van der Waals surface area (Å²) in [6.45, 7) is 1.62. The van der Waals surface area contributed by atoms with Gasteiger partial charge in [0.05, 0.1) is 12.6 Å². The molecule has 1 aromatic heterocycles. The van der Waals surface area contributed by atoms with Crippen LogP contribution in [0.3, 0.4) is 0 Å². The molecule has 128 valence electrons. The number of aromatic hydroxyl groups is 1. The monoisotopic (exact) mass is 339 g/mol. The van der Waals surface area contributed by atoms with Crippen molar-refractivity contribution < 1.29 is 19.4 Å². The molecule has 7 heteroatoms. The van der Waals surface area contributed by atoms with E-state index in [9.17, 15) is 9.90 Å². The van der Waals surface area contributed by atoms with Crippen LogP contribution in [0, 0.1) is 6.92 Å². The topological polar surface area (TPSA) is 96.3 Å². The number of nitrogens with one attached hydrogen (secondary N) is 1. The fourth-order valence-electron chi connectivity index (χ4n) is 2.45. The Balaban J connectivity index is 1.73. The number of ether oxygens (including phenoxy) is 2. The van der Waals surface area contributed by atoms with Crippen molar-refractivity contribution in [1.82, 2.24) is 4.98 Å². The highest BCUT2D eigenvalue weighted by molar-refractivity contribution is 5.96. The molecule has 3 rings (SSSR count). The molecule has 0 atom stereocenters. The summed E-state index contributed by atoms with van der Waals surface area (Å²) >= 11 is 0. The van der Waals surface area contributed by atoms with Crippen LogP contribution in [-0.2, 0) is 4.79 Å². The van der Waals surface area contributed by atoms with Crippen molar-refractivity contribution in [3.8, 4) is 17.4 Å². The Hall–Kier alpha value is -3.35. The minimum Gasteiger partial charge on any atom is -0.493 e. The third-order valence-electron chi connectivity index (χ3n) is 3.68. The Kier molecular flexibility index (Phi) is 4.65. The van der Waals surface area contributed by atoms with E-state index in [0.29, 0.717) is 16.9 Å². The Bertz CT molecular complexity index is 947. The highest BCUT2D eigenvalue weighted by atomic mass is 16.5. The third kappa shape index (κ3) is 3.45. The molecule has 1 amide bonds. The number of carbonyl (C=O) groups is 1. The molecular formula is C18H17N3O4. The van der Waals surface area contributed by atoms with Crippen molar-refractivity contribution in [3.63, 3.8) is 0 Å². The van der Waals surface area contributed by atoms with Crippen molar-refractivity contribution in [2.45, 2.75) is 6.92 Å². The van der Waals surface area contributed by atoms with E-state index in [-0.39, 0.29) is 18.2 Å². The first-order valence-corrected chi connectivity index (χ1v) is 7.61. The molecule has 3 aromatic rings. The van der Waals surface area contributed by atoms with Crippen LogP contribution in [0.4, 0.5) is 5.69 Å². The van der Waals surface area contributed by atoms with Gasteiger partial charge in [-0.15, -0.1) is 10.2 Å². The first kappa shape index (κ1) is 16.5. The molecule has 1 heterocycles. The lowest BCUT2D eigenvalue weighted by Gasteiger charge is -2.07. The summed E-state index contributed by atoms with van der Waals surface area (Å²) in [5.74, 6) is 0.259. The zero-order valence-corrected chi connectivity index (χ0v) is 13.8. The molecule has 0 bridgehead atoms. The number of aromatic nitrogens is 1. The van der Waals surface area contributed by atoms with E-state index >= 15 is 0 Å². The van der Waals surface area contributed by atoms with Crippen LogP contribution in [0.25, 0.3) is 10.9 Å². The number of methoxy groups -OCH3 is 1. The van der Waals surface area contributed by atoms with E-state index in [4.69, 9.17) is 9.47 Å². The molecule has 2 aromatic carbocycles. The number of aryl methyl sites for hydroxylation is 1. The average molecular weight is 339 g/mol. The lowest BCUT2D eigenvalue weighted by atomic mass is 10.1. The summed E-state index contributed by atoms with van der Waals surface area (Å²) in [6, 6.07) is 12.5. The van der Waals surface area contributed by atoms with Crippen LogP contribution in [0.2, 0.25) is 0 Å². The zero-order chi connectivity index (χ0) is 17.8. The van der Waals surface area contributed by atoms with Crippen LogP contribution < -0.4 is 9.47 Å². The summed E-state index contributed by atoms with van der Waals surface area (Å²) in [4.78, 5) is 14.7. The van der Waals surface area contributed by atoms with Gasteiger partial charge in [-0.05, 0) is 24.6 Å². The number of H-pyrrole nitrogens is 1. The predicted molar refractivity (Wildman–Crippen MR) is 92.7 cm³/mol. The number of azo groups is 1. The van der Waals surface area contributed by atoms with E-state index in [0.717, 1.165) is 11.1 Å². The van der Waals surface area contributed by atoms with E-state index < -0.39 is 5.91 Å². The molecular weight excluding hydrogens is 322 g/mol. The molecule has 0 radical (unpaired) electrons. The number of benzene rings is 2. The largest absolute Gasteiger partial charge is 0.493 e. The quantitative estimate of drug-likeness (QED) is 0.689. The zero-order valence-electron chi connectivity index (χ0n) is 13.8. The maximum atomic E-state index is 11.9. The Morgan fingerprint density at radius 2 is 1.92 bits per heavy atom. The molecule has 0 aliphatic carbocycles. The average Bonchev–Trinajstić information content (AvgIpc) is 2.95. The molecule has 2 N–H and O–H groups in total. The number of aromatic amines is 1. The lowest BCUT2D eigenvalue weighted by molar-refractivity contribution is -0.120. The molecule has 0 saturated carbocycles. The van der Waals surface area contributed by atoms with Gasteiger partial charge in [0, 0.05) is 5.39 Å². The van der Waals surface area contributed by atoms with Gasteiger partial charge < -0.3 is 19.6 Å². The van der Waals surface area contributed by atoms with Gasteiger partial charge in [0.25, 0.3) is 0 Å². The van der Waals surface area contributed by atoms with E-state index in [2.05, 4.69) is 15.2 Å². The van der Waals surface area contributed by atoms with Crippen molar-refractivity contribution in [3.05, 3.63) is 48.0 Å². The maximum Gasteiger partial charge on any atom is 0.302 e. The molecule has 7 nitrogen and oxygen atoms in total. The van der Waals surface area contributed by atoms with Gasteiger partial charge in [-0.3, -0.25) is 4.79 Å². The van der Waals surface area contributed by atoms with Gasteiger partial charge in [-0.2, -0.15) is 0 Å². The molecule has 0 spiro atoms. The number of fused-ring (bicyclic) bond motifs is 1. The number of carbonyl (C=O) groups excluding carboxylic acids is 1. The standard InChI is InChI=1S/C18H17N3O4/c1-11-6-5-7-12-16(11)19-18(23)17(12)21-20-15(22)10-25-14-9-4-3-8-13(14)24-2/h3-9,19,23H,10H2,1-2H3. The second-order valence-electron chi connectivity index (χ2n) is 5.35. The Morgan fingerprint density at radius 3 is 2.68 bits per heavy atom.